The lowest BCUT2D eigenvalue weighted by Gasteiger charge is -2.21. The predicted octanol–water partition coefficient (Wildman–Crippen LogP) is 2.34. The molecule has 7 nitrogen and oxygen atoms in total. The lowest BCUT2D eigenvalue weighted by atomic mass is 9.99. The fourth-order valence-corrected chi connectivity index (χ4v) is 2.50. The van der Waals surface area contributed by atoms with Crippen LogP contribution < -0.4 is 5.32 Å². The van der Waals surface area contributed by atoms with Crippen molar-refractivity contribution in [3.63, 3.8) is 0 Å². The SMILES string of the molecule is CC[C@@H](C)[C@H](NC(=O)COC(=O)c1ccc(-n2cccc2)cc1)C(=O)OC. The molecular weight excluding hydrogens is 348 g/mol. The molecule has 1 aromatic heterocycles. The number of benzene rings is 1. The topological polar surface area (TPSA) is 86.6 Å². The standard InChI is InChI=1S/C20H24N2O5/c1-4-14(2)18(20(25)26-3)21-17(23)13-27-19(24)15-7-9-16(10-8-15)22-11-5-6-12-22/h5-12,14,18H,4,13H2,1-3H3,(H,21,23)/t14-,18+/m1/s1. The second-order valence-corrected chi connectivity index (χ2v) is 6.17. The van der Waals surface area contributed by atoms with Gasteiger partial charge in [0.15, 0.2) is 6.61 Å². The number of rotatable bonds is 8. The van der Waals surface area contributed by atoms with Gasteiger partial charge in [0, 0.05) is 18.1 Å². The Morgan fingerprint density at radius 2 is 1.74 bits per heavy atom. The van der Waals surface area contributed by atoms with E-state index in [2.05, 4.69) is 5.32 Å². The average Bonchev–Trinajstić information content (AvgIpc) is 3.24. The van der Waals surface area contributed by atoms with E-state index in [1.54, 1.807) is 24.3 Å². The maximum atomic E-state index is 12.1. The number of ether oxygens (including phenoxy) is 2. The third-order valence-electron chi connectivity index (χ3n) is 4.32. The van der Waals surface area contributed by atoms with E-state index in [1.165, 1.54) is 7.11 Å². The van der Waals surface area contributed by atoms with Crippen LogP contribution in [0.3, 0.4) is 0 Å². The van der Waals surface area contributed by atoms with Gasteiger partial charge in [-0.25, -0.2) is 9.59 Å². The molecule has 1 heterocycles. The molecule has 1 aromatic carbocycles. The Morgan fingerprint density at radius 3 is 2.30 bits per heavy atom. The first kappa shape index (κ1) is 20.2. The van der Waals surface area contributed by atoms with E-state index in [-0.39, 0.29) is 5.92 Å². The summed E-state index contributed by atoms with van der Waals surface area (Å²) in [6, 6.07) is 9.87. The third kappa shape index (κ3) is 5.44. The van der Waals surface area contributed by atoms with Gasteiger partial charge in [0.25, 0.3) is 5.91 Å². The van der Waals surface area contributed by atoms with Gasteiger partial charge in [-0.1, -0.05) is 20.3 Å². The summed E-state index contributed by atoms with van der Waals surface area (Å²) in [4.78, 5) is 35.9. The quantitative estimate of drug-likeness (QED) is 0.719. The van der Waals surface area contributed by atoms with Crippen LogP contribution in [0.1, 0.15) is 30.6 Å². The number of carbonyl (C=O) groups excluding carboxylic acids is 3. The van der Waals surface area contributed by atoms with E-state index in [0.29, 0.717) is 12.0 Å². The second kappa shape index (κ2) is 9.56. The number of hydrogen-bond donors (Lipinski definition) is 1. The smallest absolute Gasteiger partial charge is 0.338 e. The monoisotopic (exact) mass is 372 g/mol. The molecule has 2 rings (SSSR count). The summed E-state index contributed by atoms with van der Waals surface area (Å²) >= 11 is 0. The Bertz CT molecular complexity index is 768. The van der Waals surface area contributed by atoms with Crippen molar-refractivity contribution in [2.75, 3.05) is 13.7 Å². The van der Waals surface area contributed by atoms with Crippen molar-refractivity contribution >= 4 is 17.8 Å². The predicted molar refractivity (Wildman–Crippen MR) is 99.5 cm³/mol. The van der Waals surface area contributed by atoms with Crippen LogP contribution in [0.15, 0.2) is 48.8 Å². The number of nitrogens with zero attached hydrogens (tertiary/aromatic N) is 1. The van der Waals surface area contributed by atoms with E-state index < -0.39 is 30.5 Å². The summed E-state index contributed by atoms with van der Waals surface area (Å²) in [5.41, 5.74) is 1.24. The highest BCUT2D eigenvalue weighted by atomic mass is 16.5. The van der Waals surface area contributed by atoms with Crippen LogP contribution in [-0.2, 0) is 19.1 Å². The van der Waals surface area contributed by atoms with Crippen molar-refractivity contribution in [3.8, 4) is 5.69 Å². The molecule has 1 amide bonds. The van der Waals surface area contributed by atoms with Gasteiger partial charge in [-0.2, -0.15) is 0 Å². The molecule has 0 saturated heterocycles. The molecule has 7 heteroatoms. The third-order valence-corrected chi connectivity index (χ3v) is 4.32. The highest BCUT2D eigenvalue weighted by Gasteiger charge is 2.27. The Balaban J connectivity index is 1.90. The van der Waals surface area contributed by atoms with Crippen LogP contribution in [0.25, 0.3) is 5.69 Å². The first-order valence-corrected chi connectivity index (χ1v) is 8.74. The molecule has 0 aliphatic heterocycles. The van der Waals surface area contributed by atoms with Gasteiger partial charge in [0.1, 0.15) is 6.04 Å². The van der Waals surface area contributed by atoms with Gasteiger partial charge in [0.2, 0.25) is 0 Å². The van der Waals surface area contributed by atoms with Crippen LogP contribution in [0, 0.1) is 5.92 Å². The fourth-order valence-electron chi connectivity index (χ4n) is 2.50. The average molecular weight is 372 g/mol. The Labute approximate surface area is 158 Å². The molecule has 27 heavy (non-hydrogen) atoms. The van der Waals surface area contributed by atoms with Crippen molar-refractivity contribution in [3.05, 3.63) is 54.4 Å². The van der Waals surface area contributed by atoms with Crippen LogP contribution in [0.4, 0.5) is 0 Å². The van der Waals surface area contributed by atoms with Gasteiger partial charge in [-0.15, -0.1) is 0 Å². The van der Waals surface area contributed by atoms with E-state index in [4.69, 9.17) is 9.47 Å². The van der Waals surface area contributed by atoms with Crippen LogP contribution >= 0.6 is 0 Å². The zero-order valence-electron chi connectivity index (χ0n) is 15.7. The fraction of sp³-hybridized carbons (Fsp3) is 0.350. The summed E-state index contributed by atoms with van der Waals surface area (Å²) in [6.07, 6.45) is 4.48. The normalized spacial score (nSPS) is 12.7. The first-order chi connectivity index (χ1) is 13.0. The van der Waals surface area contributed by atoms with Crippen molar-refractivity contribution in [1.82, 2.24) is 9.88 Å². The highest BCUT2D eigenvalue weighted by Crippen LogP contribution is 2.11. The lowest BCUT2D eigenvalue weighted by molar-refractivity contribution is -0.147. The molecule has 1 N–H and O–H groups in total. The molecule has 0 radical (unpaired) electrons. The molecular formula is C20H24N2O5. The number of aromatic nitrogens is 1. The van der Waals surface area contributed by atoms with E-state index >= 15 is 0 Å². The summed E-state index contributed by atoms with van der Waals surface area (Å²) in [7, 11) is 1.27. The molecule has 2 aromatic rings. The van der Waals surface area contributed by atoms with Crippen molar-refractivity contribution in [2.45, 2.75) is 26.3 Å². The van der Waals surface area contributed by atoms with Crippen LogP contribution in [-0.4, -0.2) is 42.2 Å². The maximum Gasteiger partial charge on any atom is 0.338 e. The van der Waals surface area contributed by atoms with Crippen LogP contribution in [0.5, 0.6) is 0 Å². The van der Waals surface area contributed by atoms with Crippen molar-refractivity contribution in [1.29, 1.82) is 0 Å². The zero-order chi connectivity index (χ0) is 19.8. The summed E-state index contributed by atoms with van der Waals surface area (Å²) in [5, 5.41) is 2.56. The minimum absolute atomic E-state index is 0.0988. The number of amides is 1. The molecule has 0 unspecified atom stereocenters. The van der Waals surface area contributed by atoms with Gasteiger partial charge in [0.05, 0.1) is 12.7 Å². The minimum atomic E-state index is -0.771. The number of esters is 2. The second-order valence-electron chi connectivity index (χ2n) is 6.17. The molecule has 0 aliphatic rings. The molecule has 0 fully saturated rings. The Hall–Kier alpha value is -3.09. The number of nitrogens with one attached hydrogen (secondary N) is 1. The summed E-state index contributed by atoms with van der Waals surface area (Å²) in [5.74, 6) is -1.78. The van der Waals surface area contributed by atoms with Gasteiger partial charge < -0.3 is 19.4 Å². The maximum absolute atomic E-state index is 12.1. The van der Waals surface area contributed by atoms with Crippen molar-refractivity contribution < 1.29 is 23.9 Å². The molecule has 0 bridgehead atoms. The summed E-state index contributed by atoms with van der Waals surface area (Å²) in [6.45, 7) is 3.27. The Morgan fingerprint density at radius 1 is 1.11 bits per heavy atom. The number of methoxy groups -OCH3 is 1. The van der Waals surface area contributed by atoms with E-state index in [0.717, 1.165) is 5.69 Å². The lowest BCUT2D eigenvalue weighted by Crippen LogP contribution is -2.47. The van der Waals surface area contributed by atoms with Crippen LogP contribution in [0.2, 0.25) is 0 Å². The molecule has 0 spiro atoms. The molecule has 0 saturated carbocycles. The number of hydrogen-bond acceptors (Lipinski definition) is 5. The largest absolute Gasteiger partial charge is 0.467 e. The summed E-state index contributed by atoms with van der Waals surface area (Å²) < 4.78 is 11.7. The van der Waals surface area contributed by atoms with Crippen molar-refractivity contribution in [2.24, 2.45) is 5.92 Å². The molecule has 2 atom stereocenters. The van der Waals surface area contributed by atoms with Gasteiger partial charge >= 0.3 is 11.9 Å². The number of carbonyl (C=O) groups is 3. The van der Waals surface area contributed by atoms with Gasteiger partial charge in [-0.05, 0) is 42.3 Å². The first-order valence-electron chi connectivity index (χ1n) is 8.74. The van der Waals surface area contributed by atoms with E-state index in [1.807, 2.05) is 42.9 Å². The minimum Gasteiger partial charge on any atom is -0.467 e. The zero-order valence-corrected chi connectivity index (χ0v) is 15.7. The molecule has 144 valence electrons. The van der Waals surface area contributed by atoms with Gasteiger partial charge in [-0.3, -0.25) is 4.79 Å². The molecule has 0 aliphatic carbocycles. The van der Waals surface area contributed by atoms with E-state index in [9.17, 15) is 14.4 Å². The highest BCUT2D eigenvalue weighted by molar-refractivity contribution is 5.92. The Kier molecular flexibility index (Phi) is 7.16.